The molecular weight excluding hydrogens is 600 g/mol. The van der Waals surface area contributed by atoms with E-state index in [2.05, 4.69) is 93.7 Å². The average Bonchev–Trinajstić information content (AvgIpc) is 3.12. The number of benzene rings is 4. The summed E-state index contributed by atoms with van der Waals surface area (Å²) in [4.78, 5) is 6.98. The molecule has 0 atom stereocenters. The van der Waals surface area contributed by atoms with E-state index in [1.165, 1.54) is 33.5 Å². The van der Waals surface area contributed by atoms with Crippen LogP contribution in [0.25, 0.3) is 0 Å². The molecule has 1 fully saturated rings. The van der Waals surface area contributed by atoms with Crippen LogP contribution in [0.4, 0.5) is 11.4 Å². The summed E-state index contributed by atoms with van der Waals surface area (Å²) in [6.07, 6.45) is 6.70. The van der Waals surface area contributed by atoms with Crippen molar-refractivity contribution in [3.05, 3.63) is 136 Å². The van der Waals surface area contributed by atoms with Crippen LogP contribution >= 0.6 is 0 Å². The monoisotopic (exact) mass is 642 g/mol. The minimum atomic E-state index is 0.406. The van der Waals surface area contributed by atoms with Gasteiger partial charge >= 0.3 is 0 Å². The number of anilines is 2. The van der Waals surface area contributed by atoms with Crippen LogP contribution in [0.1, 0.15) is 40.7 Å². The Morgan fingerprint density at radius 3 is 2.12 bits per heavy atom. The van der Waals surface area contributed by atoms with Crippen LogP contribution in [-0.4, -0.2) is 43.3 Å². The molecule has 4 aliphatic rings. The molecule has 0 bridgehead atoms. The molecule has 0 unspecified atom stereocenters. The lowest BCUT2D eigenvalue weighted by atomic mass is 10.0. The van der Waals surface area contributed by atoms with Crippen molar-refractivity contribution in [2.75, 3.05) is 43.7 Å². The van der Waals surface area contributed by atoms with Crippen LogP contribution in [0, 0.1) is 6.92 Å². The van der Waals surface area contributed by atoms with Gasteiger partial charge in [-0.25, -0.2) is 0 Å². The molecule has 3 aliphatic heterocycles. The van der Waals surface area contributed by atoms with E-state index >= 15 is 0 Å². The molecule has 1 saturated heterocycles. The van der Waals surface area contributed by atoms with E-state index in [9.17, 15) is 0 Å². The van der Waals surface area contributed by atoms with Gasteiger partial charge in [-0.15, -0.1) is 0 Å². The minimum Gasteiger partial charge on any atom is -0.478 e. The Balaban J connectivity index is 0.840. The number of nitrogens with one attached hydrogen (secondary N) is 1. The van der Waals surface area contributed by atoms with Gasteiger partial charge in [0.05, 0.1) is 0 Å². The van der Waals surface area contributed by atoms with E-state index < -0.39 is 0 Å². The van der Waals surface area contributed by atoms with E-state index in [4.69, 9.17) is 18.9 Å². The molecule has 0 saturated carbocycles. The van der Waals surface area contributed by atoms with E-state index in [1.54, 1.807) is 0 Å². The normalized spacial score (nSPS) is 17.4. The van der Waals surface area contributed by atoms with Gasteiger partial charge in [-0.3, -0.25) is 9.80 Å². The first-order valence-electron chi connectivity index (χ1n) is 16.9. The Hall–Kier alpha value is -4.92. The Kier molecular flexibility index (Phi) is 8.66. The quantitative estimate of drug-likeness (QED) is 0.188. The maximum atomic E-state index is 6.17. The molecule has 48 heavy (non-hydrogen) atoms. The second kappa shape index (κ2) is 13.7. The third-order valence-electron chi connectivity index (χ3n) is 9.44. The van der Waals surface area contributed by atoms with Crippen molar-refractivity contribution in [2.24, 2.45) is 0 Å². The number of nitrogens with zero attached hydrogens (tertiary/aromatic N) is 3. The van der Waals surface area contributed by atoms with Gasteiger partial charge in [0.25, 0.3) is 0 Å². The number of para-hydroxylation sites is 1. The van der Waals surface area contributed by atoms with Crippen molar-refractivity contribution in [3.8, 4) is 17.2 Å². The Labute approximate surface area is 282 Å². The highest BCUT2D eigenvalue weighted by Crippen LogP contribution is 2.34. The largest absolute Gasteiger partial charge is 0.478 e. The fourth-order valence-corrected chi connectivity index (χ4v) is 6.82. The zero-order valence-corrected chi connectivity index (χ0v) is 27.5. The van der Waals surface area contributed by atoms with Gasteiger partial charge in [0, 0.05) is 60.8 Å². The van der Waals surface area contributed by atoms with Crippen LogP contribution in [0.2, 0.25) is 0 Å². The molecular formula is C40H42N4O4. The molecule has 8 heteroatoms. The highest BCUT2D eigenvalue weighted by Gasteiger charge is 2.24. The Morgan fingerprint density at radius 1 is 0.688 bits per heavy atom. The van der Waals surface area contributed by atoms with Gasteiger partial charge < -0.3 is 29.2 Å². The molecule has 0 spiro atoms. The number of hydrogen-bond donors (Lipinski definition) is 1. The minimum absolute atomic E-state index is 0.406. The van der Waals surface area contributed by atoms with Gasteiger partial charge in [0.1, 0.15) is 36.5 Å². The predicted octanol–water partition coefficient (Wildman–Crippen LogP) is 7.55. The first-order chi connectivity index (χ1) is 23.6. The van der Waals surface area contributed by atoms with Crippen molar-refractivity contribution < 1.29 is 18.9 Å². The topological polar surface area (TPSA) is 58.7 Å². The van der Waals surface area contributed by atoms with E-state index in [1.807, 2.05) is 30.3 Å². The van der Waals surface area contributed by atoms with Crippen molar-refractivity contribution in [1.82, 2.24) is 9.80 Å². The molecule has 0 amide bonds. The number of aryl methyl sites for hydroxylation is 1. The van der Waals surface area contributed by atoms with Crippen LogP contribution < -0.4 is 24.4 Å². The van der Waals surface area contributed by atoms with Crippen molar-refractivity contribution >= 4 is 11.4 Å². The van der Waals surface area contributed by atoms with Gasteiger partial charge in [0.15, 0.2) is 13.5 Å². The molecule has 1 N–H and O–H groups in total. The summed E-state index contributed by atoms with van der Waals surface area (Å²) in [5.41, 5.74) is 9.56. The van der Waals surface area contributed by atoms with Gasteiger partial charge in [-0.1, -0.05) is 48.5 Å². The fourth-order valence-electron chi connectivity index (χ4n) is 6.82. The lowest BCUT2D eigenvalue weighted by molar-refractivity contribution is 0.0878. The summed E-state index contributed by atoms with van der Waals surface area (Å²) in [6.45, 7) is 8.43. The van der Waals surface area contributed by atoms with Gasteiger partial charge in [-0.2, -0.15) is 0 Å². The molecule has 4 aromatic carbocycles. The van der Waals surface area contributed by atoms with E-state index in [0.717, 1.165) is 79.8 Å². The molecule has 246 valence electrons. The van der Waals surface area contributed by atoms with E-state index in [0.29, 0.717) is 26.9 Å². The van der Waals surface area contributed by atoms with Gasteiger partial charge in [-0.05, 0) is 85.0 Å². The van der Waals surface area contributed by atoms with Crippen LogP contribution in [0.5, 0.6) is 17.2 Å². The Morgan fingerprint density at radius 2 is 1.38 bits per heavy atom. The molecule has 1 aliphatic carbocycles. The standard InChI is InChI=1S/C40H42N4O4/c1-29-6-2-4-8-37(29)45-25-41-35-14-16-39-33(18-35)22-42(26-46-39)20-30-10-12-31(13-11-30)21-43-23-34-19-36(15-17-40(34)47-27-43)44-24-32-7-3-5-9-38(32)48-28-44/h2,4,6-19,41H,3,5,20-28H2,1H3. The SMILES string of the molecule is Cc1ccccc1OCNc1ccc2c(c1)CN(Cc1ccc(CN3COc4ccc(N5COC6=CCCC=C6C5)cc4C3)cc1)CO2. The first kappa shape index (κ1) is 30.4. The lowest BCUT2D eigenvalue weighted by Crippen LogP contribution is -2.35. The number of rotatable bonds is 9. The maximum Gasteiger partial charge on any atom is 0.161 e. The number of allylic oxidation sites excluding steroid dienone is 2. The molecule has 3 heterocycles. The lowest BCUT2D eigenvalue weighted by Gasteiger charge is -2.35. The summed E-state index contributed by atoms with van der Waals surface area (Å²) in [5.74, 6) is 3.88. The molecule has 8 rings (SSSR count). The zero-order valence-electron chi connectivity index (χ0n) is 27.5. The average molecular weight is 643 g/mol. The highest BCUT2D eigenvalue weighted by atomic mass is 16.5. The summed E-state index contributed by atoms with van der Waals surface area (Å²) in [5, 5.41) is 3.39. The van der Waals surface area contributed by atoms with Crippen molar-refractivity contribution in [2.45, 2.75) is 45.9 Å². The maximum absolute atomic E-state index is 6.17. The van der Waals surface area contributed by atoms with Crippen molar-refractivity contribution in [1.29, 1.82) is 0 Å². The second-order valence-corrected chi connectivity index (χ2v) is 13.0. The summed E-state index contributed by atoms with van der Waals surface area (Å²) in [7, 11) is 0. The fraction of sp³-hybridized carbons (Fsp3) is 0.300. The third-order valence-corrected chi connectivity index (χ3v) is 9.44. The summed E-state index contributed by atoms with van der Waals surface area (Å²) in [6, 6.07) is 29.8. The summed E-state index contributed by atoms with van der Waals surface area (Å²) >= 11 is 0. The van der Waals surface area contributed by atoms with E-state index in [-0.39, 0.29) is 0 Å². The molecule has 0 radical (unpaired) electrons. The smallest absolute Gasteiger partial charge is 0.161 e. The van der Waals surface area contributed by atoms with Gasteiger partial charge in [0.2, 0.25) is 0 Å². The summed E-state index contributed by atoms with van der Waals surface area (Å²) < 4.78 is 24.3. The van der Waals surface area contributed by atoms with Crippen LogP contribution in [0.3, 0.4) is 0 Å². The first-order valence-corrected chi connectivity index (χ1v) is 16.9. The Bertz CT molecular complexity index is 1840. The highest BCUT2D eigenvalue weighted by molar-refractivity contribution is 5.56. The van der Waals surface area contributed by atoms with Crippen molar-refractivity contribution in [3.63, 3.8) is 0 Å². The third kappa shape index (κ3) is 6.86. The van der Waals surface area contributed by atoms with Crippen LogP contribution in [-0.2, 0) is 30.9 Å². The molecule has 0 aromatic heterocycles. The molecule has 8 nitrogen and oxygen atoms in total. The zero-order chi connectivity index (χ0) is 32.3. The predicted molar refractivity (Wildman–Crippen MR) is 188 cm³/mol. The number of ether oxygens (including phenoxy) is 4. The molecule has 4 aromatic rings. The van der Waals surface area contributed by atoms with Crippen LogP contribution in [0.15, 0.2) is 108 Å². The number of hydrogen-bond acceptors (Lipinski definition) is 8. The second-order valence-electron chi connectivity index (χ2n) is 13.0. The number of fused-ring (bicyclic) bond motifs is 3.